The van der Waals surface area contributed by atoms with Gasteiger partial charge in [0.15, 0.2) is 0 Å². The van der Waals surface area contributed by atoms with Crippen LogP contribution in [0.4, 0.5) is 0 Å². The van der Waals surface area contributed by atoms with E-state index in [9.17, 15) is 0 Å². The van der Waals surface area contributed by atoms with Gasteiger partial charge in [0.1, 0.15) is 0 Å². The van der Waals surface area contributed by atoms with Crippen molar-refractivity contribution in [2.24, 2.45) is 5.92 Å². The Hall–Kier alpha value is 0.0500. The third-order valence-corrected chi connectivity index (χ3v) is 4.18. The molecule has 2 atom stereocenters. The average Bonchev–Trinajstić information content (AvgIpc) is 2.69. The molecule has 74 valence electrons. The maximum absolute atomic E-state index is 3.66. The minimum Gasteiger partial charge on any atom is -0.310 e. The monoisotopic (exact) mass is 197 g/mol. The number of nitrogens with one attached hydrogen (secondary N) is 1. The van der Waals surface area contributed by atoms with Gasteiger partial charge in [-0.2, -0.15) is 11.8 Å². The van der Waals surface area contributed by atoms with Gasteiger partial charge in [-0.3, -0.25) is 0 Å². The van der Waals surface area contributed by atoms with Crippen LogP contribution >= 0.6 is 11.8 Å². The molecule has 0 saturated carbocycles. The lowest BCUT2D eigenvalue weighted by Crippen LogP contribution is -2.32. The zero-order valence-corrected chi connectivity index (χ0v) is 8.98. The van der Waals surface area contributed by atoms with Crippen molar-refractivity contribution < 1.29 is 0 Å². The maximum atomic E-state index is 3.66. The van der Waals surface area contributed by atoms with Crippen LogP contribution in [0.2, 0.25) is 0 Å². The Bertz CT molecular complexity index is 173. The molecule has 0 aromatic rings. The first-order valence-electron chi connectivity index (χ1n) is 5.43. The van der Waals surface area contributed by atoms with Gasteiger partial charge in [0.05, 0.1) is 0 Å². The molecule has 2 aliphatic rings. The van der Waals surface area contributed by atoms with Crippen molar-refractivity contribution >= 4 is 11.8 Å². The van der Waals surface area contributed by atoms with E-state index in [0.717, 1.165) is 5.92 Å². The van der Waals surface area contributed by atoms with Crippen molar-refractivity contribution in [1.82, 2.24) is 5.32 Å². The molecule has 0 amide bonds. The van der Waals surface area contributed by atoms with Crippen molar-refractivity contribution in [2.75, 3.05) is 18.1 Å². The number of allylic oxidation sites excluding steroid dienone is 1. The van der Waals surface area contributed by atoms with Crippen LogP contribution in [0, 0.1) is 5.92 Å². The Morgan fingerprint density at radius 3 is 3.08 bits per heavy atom. The van der Waals surface area contributed by atoms with Gasteiger partial charge >= 0.3 is 0 Å². The third-order valence-electron chi connectivity index (χ3n) is 2.95. The van der Waals surface area contributed by atoms with E-state index in [1.54, 1.807) is 0 Å². The average molecular weight is 197 g/mol. The van der Waals surface area contributed by atoms with Crippen molar-refractivity contribution in [3.8, 4) is 0 Å². The predicted octanol–water partition coefficient (Wildman–Crippen LogP) is 2.44. The van der Waals surface area contributed by atoms with Gasteiger partial charge < -0.3 is 5.32 Å². The summed E-state index contributed by atoms with van der Waals surface area (Å²) >= 11 is 2.11. The summed E-state index contributed by atoms with van der Waals surface area (Å²) in [5.41, 5.74) is 0. The van der Waals surface area contributed by atoms with Crippen molar-refractivity contribution in [3.63, 3.8) is 0 Å². The van der Waals surface area contributed by atoms with Gasteiger partial charge in [-0.25, -0.2) is 0 Å². The van der Waals surface area contributed by atoms with Crippen LogP contribution in [-0.2, 0) is 0 Å². The second kappa shape index (κ2) is 5.06. The molecule has 0 bridgehead atoms. The van der Waals surface area contributed by atoms with Crippen LogP contribution in [0.5, 0.6) is 0 Å². The summed E-state index contributed by atoms with van der Waals surface area (Å²) in [7, 11) is 0. The highest BCUT2D eigenvalue weighted by molar-refractivity contribution is 7.99. The summed E-state index contributed by atoms with van der Waals surface area (Å²) in [4.78, 5) is 0. The lowest BCUT2D eigenvalue weighted by molar-refractivity contribution is 0.460. The molecule has 1 aliphatic heterocycles. The molecule has 1 saturated heterocycles. The zero-order chi connectivity index (χ0) is 8.93. The zero-order valence-electron chi connectivity index (χ0n) is 8.17. The van der Waals surface area contributed by atoms with E-state index in [2.05, 4.69) is 29.2 Å². The van der Waals surface area contributed by atoms with Crippen LogP contribution in [0.3, 0.4) is 0 Å². The lowest BCUT2D eigenvalue weighted by Gasteiger charge is -2.19. The first-order chi connectivity index (χ1) is 6.45. The summed E-state index contributed by atoms with van der Waals surface area (Å²) < 4.78 is 0. The Kier molecular flexibility index (Phi) is 3.74. The highest BCUT2D eigenvalue weighted by atomic mass is 32.2. The Morgan fingerprint density at radius 2 is 2.38 bits per heavy atom. The van der Waals surface area contributed by atoms with Crippen LogP contribution in [-0.4, -0.2) is 24.1 Å². The molecule has 1 nitrogen and oxygen atoms in total. The molecule has 2 unspecified atom stereocenters. The van der Waals surface area contributed by atoms with Gasteiger partial charge in [-0.05, 0) is 49.7 Å². The van der Waals surface area contributed by atoms with Crippen LogP contribution in [0.25, 0.3) is 0 Å². The minimum atomic E-state index is 0.680. The first kappa shape index (κ1) is 9.60. The molecule has 2 rings (SSSR count). The summed E-state index contributed by atoms with van der Waals surface area (Å²) in [5, 5.41) is 3.66. The van der Waals surface area contributed by atoms with E-state index in [1.807, 2.05) is 0 Å². The topological polar surface area (TPSA) is 12.0 Å². The molecule has 0 aromatic heterocycles. The van der Waals surface area contributed by atoms with Gasteiger partial charge in [0.2, 0.25) is 0 Å². The van der Waals surface area contributed by atoms with Crippen LogP contribution in [0.1, 0.15) is 25.7 Å². The van der Waals surface area contributed by atoms with E-state index in [1.165, 1.54) is 43.7 Å². The molecular formula is C11H19NS. The van der Waals surface area contributed by atoms with Crippen molar-refractivity contribution in [1.29, 1.82) is 0 Å². The van der Waals surface area contributed by atoms with E-state index in [4.69, 9.17) is 0 Å². The van der Waals surface area contributed by atoms with E-state index in [-0.39, 0.29) is 0 Å². The van der Waals surface area contributed by atoms with Gasteiger partial charge in [0.25, 0.3) is 0 Å². The molecular weight excluding hydrogens is 178 g/mol. The van der Waals surface area contributed by atoms with E-state index >= 15 is 0 Å². The molecule has 0 spiro atoms. The molecule has 1 heterocycles. The smallest absolute Gasteiger partial charge is 0.0250 e. The molecule has 1 N–H and O–H groups in total. The molecule has 1 aliphatic carbocycles. The molecule has 1 fully saturated rings. The SMILES string of the molecule is C1=CC(NCC2CCSC2)CCC1. The predicted molar refractivity (Wildman–Crippen MR) is 60.2 cm³/mol. The largest absolute Gasteiger partial charge is 0.310 e. The van der Waals surface area contributed by atoms with Gasteiger partial charge in [-0.1, -0.05) is 12.2 Å². The molecule has 13 heavy (non-hydrogen) atoms. The normalized spacial score (nSPS) is 33.8. The summed E-state index contributed by atoms with van der Waals surface area (Å²) in [6.45, 7) is 1.24. The fourth-order valence-corrected chi connectivity index (χ4v) is 3.33. The van der Waals surface area contributed by atoms with Crippen molar-refractivity contribution in [2.45, 2.75) is 31.7 Å². The highest BCUT2D eigenvalue weighted by Gasteiger charge is 2.16. The summed E-state index contributed by atoms with van der Waals surface area (Å²) in [5.74, 6) is 3.70. The first-order valence-corrected chi connectivity index (χ1v) is 6.58. The Balaban J connectivity index is 1.66. The van der Waals surface area contributed by atoms with E-state index in [0.29, 0.717) is 6.04 Å². The Morgan fingerprint density at radius 1 is 1.38 bits per heavy atom. The second-order valence-corrected chi connectivity index (χ2v) is 5.25. The molecule has 2 heteroatoms. The van der Waals surface area contributed by atoms with Crippen molar-refractivity contribution in [3.05, 3.63) is 12.2 Å². The number of hydrogen-bond acceptors (Lipinski definition) is 2. The fraction of sp³-hybridized carbons (Fsp3) is 0.818. The van der Waals surface area contributed by atoms with Gasteiger partial charge in [-0.15, -0.1) is 0 Å². The standard InChI is InChI=1S/C11H19NS/c1-2-4-11(5-3-1)12-8-10-6-7-13-9-10/h2,4,10-12H,1,3,5-9H2. The maximum Gasteiger partial charge on any atom is 0.0250 e. The second-order valence-electron chi connectivity index (χ2n) is 4.10. The summed E-state index contributed by atoms with van der Waals surface area (Å²) in [6.07, 6.45) is 10.1. The van der Waals surface area contributed by atoms with E-state index < -0.39 is 0 Å². The van der Waals surface area contributed by atoms with Crippen LogP contribution < -0.4 is 5.32 Å². The molecule has 0 radical (unpaired) electrons. The molecule has 0 aromatic carbocycles. The van der Waals surface area contributed by atoms with Gasteiger partial charge in [0, 0.05) is 6.04 Å². The Labute approximate surface area is 85.4 Å². The minimum absolute atomic E-state index is 0.680. The summed E-state index contributed by atoms with van der Waals surface area (Å²) in [6, 6.07) is 0.680. The lowest BCUT2D eigenvalue weighted by atomic mass is 10.0. The highest BCUT2D eigenvalue weighted by Crippen LogP contribution is 2.23. The fourth-order valence-electron chi connectivity index (χ4n) is 2.04. The van der Waals surface area contributed by atoms with Crippen LogP contribution in [0.15, 0.2) is 12.2 Å². The third kappa shape index (κ3) is 3.03. The quantitative estimate of drug-likeness (QED) is 0.697. The number of thioether (sulfide) groups is 1. The number of hydrogen-bond donors (Lipinski definition) is 1. The number of rotatable bonds is 3.